The molecule has 0 radical (unpaired) electrons. The normalized spacial score (nSPS) is 15.8. The Hall–Kier alpha value is -4.15. The van der Waals surface area contributed by atoms with Crippen molar-refractivity contribution >= 4 is 21.8 Å². The van der Waals surface area contributed by atoms with Gasteiger partial charge in [-0.05, 0) is 40.8 Å². The van der Waals surface area contributed by atoms with Crippen LogP contribution in [0.1, 0.15) is 34.7 Å². The van der Waals surface area contributed by atoms with E-state index in [0.717, 1.165) is 34.2 Å². The highest BCUT2D eigenvalue weighted by molar-refractivity contribution is 8.27. The maximum absolute atomic E-state index is 8.98. The number of ether oxygens (including phenoxy) is 1. The molecule has 6 rings (SSSR count). The maximum atomic E-state index is 8.98. The molecule has 0 atom stereocenters. The Morgan fingerprint density at radius 2 is 1.38 bits per heavy atom. The van der Waals surface area contributed by atoms with Gasteiger partial charge in [0.25, 0.3) is 0 Å². The summed E-state index contributed by atoms with van der Waals surface area (Å²) in [4.78, 5) is 0. The Bertz CT molecular complexity index is 1550. The number of nitrogens with one attached hydrogen (secondary N) is 2. The molecule has 0 fully saturated rings. The van der Waals surface area contributed by atoms with Crippen molar-refractivity contribution in [3.05, 3.63) is 149 Å². The summed E-state index contributed by atoms with van der Waals surface area (Å²) in [5.74, 6) is 0.727. The molecule has 2 aliphatic rings. The summed E-state index contributed by atoms with van der Waals surface area (Å²) in [6.07, 6.45) is 6.30. The minimum absolute atomic E-state index is 0.307. The van der Waals surface area contributed by atoms with Crippen LogP contribution in [0.5, 0.6) is 5.75 Å². The first-order chi connectivity index (χ1) is 18.2. The summed E-state index contributed by atoms with van der Waals surface area (Å²) in [6.45, 7) is 2.45. The molecular formula is C33H26N2OS. The minimum Gasteiger partial charge on any atom is -0.488 e. The van der Waals surface area contributed by atoms with Gasteiger partial charge in [-0.2, -0.15) is 0 Å². The topological polar surface area (TPSA) is 56.9 Å². The lowest BCUT2D eigenvalue weighted by atomic mass is 9.65. The molecule has 2 N–H and O–H groups in total. The molecule has 4 aromatic rings. The van der Waals surface area contributed by atoms with Gasteiger partial charge in [0.2, 0.25) is 0 Å². The Morgan fingerprint density at radius 1 is 0.757 bits per heavy atom. The predicted octanol–water partition coefficient (Wildman–Crippen LogP) is 7.98. The number of fused-ring (bicyclic) bond motifs is 7. The Balaban J connectivity index is 1.55. The van der Waals surface area contributed by atoms with E-state index < -0.39 is 5.41 Å². The molecule has 1 spiro atoms. The van der Waals surface area contributed by atoms with Crippen LogP contribution < -0.4 is 4.74 Å². The van der Waals surface area contributed by atoms with Gasteiger partial charge in [-0.25, -0.2) is 0 Å². The first kappa shape index (κ1) is 23.3. The highest BCUT2D eigenvalue weighted by Crippen LogP contribution is 2.60. The molecule has 0 aromatic heterocycles. The molecule has 0 saturated heterocycles. The molecule has 1 heterocycles. The molecule has 4 heteroatoms. The quantitative estimate of drug-likeness (QED) is 0.222. The Kier molecular flexibility index (Phi) is 5.90. The summed E-state index contributed by atoms with van der Waals surface area (Å²) in [5.41, 5.74) is 8.17. The van der Waals surface area contributed by atoms with E-state index in [9.17, 15) is 0 Å². The number of rotatable bonds is 3. The van der Waals surface area contributed by atoms with Crippen LogP contribution in [0.3, 0.4) is 0 Å². The number of thioether (sulfide) groups is 1. The first-order valence-electron chi connectivity index (χ1n) is 12.3. The fourth-order valence-corrected chi connectivity index (χ4v) is 6.39. The molecule has 1 aliphatic carbocycles. The van der Waals surface area contributed by atoms with E-state index in [4.69, 9.17) is 15.6 Å². The smallest absolute Gasteiger partial charge is 0.134 e. The van der Waals surface area contributed by atoms with Crippen molar-refractivity contribution in [2.24, 2.45) is 0 Å². The van der Waals surface area contributed by atoms with Crippen molar-refractivity contribution in [1.82, 2.24) is 0 Å². The van der Waals surface area contributed by atoms with Gasteiger partial charge in [-0.1, -0.05) is 121 Å². The number of benzene rings is 4. The van der Waals surface area contributed by atoms with E-state index in [2.05, 4.69) is 66.7 Å². The minimum atomic E-state index is -0.506. The van der Waals surface area contributed by atoms with E-state index in [1.165, 1.54) is 27.8 Å². The molecule has 0 unspecified atom stereocenters. The van der Waals surface area contributed by atoms with Gasteiger partial charge in [-0.15, -0.1) is 0 Å². The van der Waals surface area contributed by atoms with E-state index >= 15 is 0 Å². The van der Waals surface area contributed by atoms with Crippen LogP contribution in [0.25, 0.3) is 11.1 Å². The van der Waals surface area contributed by atoms with Crippen LogP contribution in [0.4, 0.5) is 0 Å². The van der Waals surface area contributed by atoms with Crippen molar-refractivity contribution in [1.29, 1.82) is 10.8 Å². The lowest BCUT2D eigenvalue weighted by molar-refractivity contribution is 0.309. The first-order valence-corrected chi connectivity index (χ1v) is 13.2. The standard InChI is InChI=1S/C33H26N2OS/c1-2-3-14-23-21-36-30-26(32(35)37-31(34)22-12-5-4-6-13-22)17-11-20-29(30)33(23)27-18-9-7-15-24(27)25-16-8-10-19-28(25)33/h2-20,34-35H,21H2,1H3/b3-2-,23-14+,34-31?,35-32?. The van der Waals surface area contributed by atoms with Gasteiger partial charge < -0.3 is 4.74 Å². The summed E-state index contributed by atoms with van der Waals surface area (Å²) < 4.78 is 6.46. The van der Waals surface area contributed by atoms with Gasteiger partial charge in [0, 0.05) is 16.7 Å². The molecule has 3 nitrogen and oxygen atoms in total. The van der Waals surface area contributed by atoms with Crippen LogP contribution in [0.15, 0.2) is 121 Å². The summed E-state index contributed by atoms with van der Waals surface area (Å²) in [7, 11) is 0. The third-order valence-corrected chi connectivity index (χ3v) is 8.06. The van der Waals surface area contributed by atoms with Crippen LogP contribution in [0, 0.1) is 10.8 Å². The summed E-state index contributed by atoms with van der Waals surface area (Å²) >= 11 is 1.16. The fourth-order valence-electron chi connectivity index (χ4n) is 5.66. The van der Waals surface area contributed by atoms with Crippen molar-refractivity contribution in [3.63, 3.8) is 0 Å². The maximum Gasteiger partial charge on any atom is 0.134 e. The zero-order valence-corrected chi connectivity index (χ0v) is 21.3. The van der Waals surface area contributed by atoms with Crippen LogP contribution in [-0.2, 0) is 5.41 Å². The lowest BCUT2D eigenvalue weighted by Gasteiger charge is -2.41. The molecule has 0 bridgehead atoms. The van der Waals surface area contributed by atoms with E-state index in [1.54, 1.807) is 0 Å². The molecule has 0 saturated carbocycles. The van der Waals surface area contributed by atoms with Gasteiger partial charge in [0.05, 0.1) is 5.41 Å². The largest absolute Gasteiger partial charge is 0.488 e. The predicted molar refractivity (Wildman–Crippen MR) is 154 cm³/mol. The van der Waals surface area contributed by atoms with Gasteiger partial charge >= 0.3 is 0 Å². The van der Waals surface area contributed by atoms with Crippen LogP contribution in [0.2, 0.25) is 0 Å². The molecular weight excluding hydrogens is 472 g/mol. The second kappa shape index (κ2) is 9.38. The van der Waals surface area contributed by atoms with Crippen molar-refractivity contribution in [2.75, 3.05) is 6.61 Å². The number of para-hydroxylation sites is 1. The highest BCUT2D eigenvalue weighted by atomic mass is 32.2. The van der Waals surface area contributed by atoms with E-state index in [0.29, 0.717) is 16.7 Å². The van der Waals surface area contributed by atoms with Crippen LogP contribution >= 0.6 is 11.8 Å². The van der Waals surface area contributed by atoms with Gasteiger partial charge in [0.1, 0.15) is 22.4 Å². The number of hydrogen-bond donors (Lipinski definition) is 2. The Labute approximate surface area is 221 Å². The molecule has 4 aromatic carbocycles. The van der Waals surface area contributed by atoms with Gasteiger partial charge in [0.15, 0.2) is 0 Å². The van der Waals surface area contributed by atoms with Crippen molar-refractivity contribution in [2.45, 2.75) is 12.3 Å². The average molecular weight is 499 g/mol. The van der Waals surface area contributed by atoms with E-state index in [-0.39, 0.29) is 0 Å². The lowest BCUT2D eigenvalue weighted by Crippen LogP contribution is -2.37. The SMILES string of the molecule is C/C=C\C=C1/COc2c(C(=N)SC(=N)c3ccccc3)cccc2C12c1ccccc1-c1ccccc12. The summed E-state index contributed by atoms with van der Waals surface area (Å²) in [5, 5.41) is 18.2. The molecule has 180 valence electrons. The van der Waals surface area contributed by atoms with Crippen LogP contribution in [-0.4, -0.2) is 16.7 Å². The zero-order valence-electron chi connectivity index (χ0n) is 20.5. The van der Waals surface area contributed by atoms with E-state index in [1.807, 2.05) is 55.5 Å². The zero-order chi connectivity index (χ0) is 25.4. The second-order valence-electron chi connectivity index (χ2n) is 9.16. The second-order valence-corrected chi connectivity index (χ2v) is 10.2. The molecule has 0 amide bonds. The summed E-state index contributed by atoms with van der Waals surface area (Å²) in [6, 6.07) is 32.9. The number of allylic oxidation sites excluding steroid dienone is 3. The fraction of sp³-hybridized carbons (Fsp3) is 0.0909. The van der Waals surface area contributed by atoms with Crippen molar-refractivity contribution < 1.29 is 4.74 Å². The third kappa shape index (κ3) is 3.59. The Morgan fingerprint density at radius 3 is 2.05 bits per heavy atom. The third-order valence-electron chi connectivity index (χ3n) is 7.20. The average Bonchev–Trinajstić information content (AvgIpc) is 3.24. The highest BCUT2D eigenvalue weighted by Gasteiger charge is 2.51. The van der Waals surface area contributed by atoms with Gasteiger partial charge in [-0.3, -0.25) is 10.8 Å². The number of hydrogen-bond acceptors (Lipinski definition) is 4. The van der Waals surface area contributed by atoms with Crippen molar-refractivity contribution in [3.8, 4) is 16.9 Å². The molecule has 37 heavy (non-hydrogen) atoms. The molecule has 1 aliphatic heterocycles. The monoisotopic (exact) mass is 498 g/mol.